The van der Waals surface area contributed by atoms with Gasteiger partial charge in [0.25, 0.3) is 0 Å². The molecule has 0 saturated heterocycles. The van der Waals surface area contributed by atoms with Crippen molar-refractivity contribution in [2.75, 3.05) is 20.6 Å². The molecular formula is C17H34N2. The van der Waals surface area contributed by atoms with Crippen molar-refractivity contribution >= 4 is 0 Å². The van der Waals surface area contributed by atoms with E-state index in [0.29, 0.717) is 6.04 Å². The van der Waals surface area contributed by atoms with Crippen LogP contribution in [0.4, 0.5) is 0 Å². The Hall–Kier alpha value is -0.0800. The van der Waals surface area contributed by atoms with Gasteiger partial charge in [0.2, 0.25) is 0 Å². The van der Waals surface area contributed by atoms with Crippen LogP contribution in [-0.2, 0) is 0 Å². The fourth-order valence-corrected chi connectivity index (χ4v) is 4.46. The van der Waals surface area contributed by atoms with Crippen molar-refractivity contribution in [1.82, 2.24) is 10.2 Å². The van der Waals surface area contributed by atoms with E-state index in [1.807, 2.05) is 0 Å². The summed E-state index contributed by atoms with van der Waals surface area (Å²) in [6.45, 7) is 3.51. The minimum Gasteiger partial charge on any atom is -0.310 e. The zero-order chi connectivity index (χ0) is 13.7. The molecule has 2 nitrogen and oxygen atoms in total. The Morgan fingerprint density at radius 1 is 0.947 bits per heavy atom. The van der Waals surface area contributed by atoms with E-state index in [2.05, 4.69) is 31.2 Å². The fourth-order valence-electron chi connectivity index (χ4n) is 4.46. The molecule has 3 atom stereocenters. The van der Waals surface area contributed by atoms with Crippen molar-refractivity contribution in [3.8, 4) is 0 Å². The molecule has 112 valence electrons. The first-order chi connectivity index (χ1) is 9.16. The fraction of sp³-hybridized carbons (Fsp3) is 1.00. The van der Waals surface area contributed by atoms with Gasteiger partial charge in [-0.1, -0.05) is 44.9 Å². The SMILES string of the molecule is CC(CN(C)C)NC1CCCCC1C1CCCCC1. The zero-order valence-electron chi connectivity index (χ0n) is 13.3. The average Bonchev–Trinajstić information content (AvgIpc) is 2.39. The van der Waals surface area contributed by atoms with Gasteiger partial charge in [-0.25, -0.2) is 0 Å². The zero-order valence-corrected chi connectivity index (χ0v) is 13.3. The lowest BCUT2D eigenvalue weighted by Crippen LogP contribution is -2.48. The van der Waals surface area contributed by atoms with Gasteiger partial charge in [-0.05, 0) is 45.7 Å². The molecule has 0 aromatic heterocycles. The highest BCUT2D eigenvalue weighted by Crippen LogP contribution is 2.38. The predicted octanol–water partition coefficient (Wildman–Crippen LogP) is 3.67. The maximum atomic E-state index is 3.96. The highest BCUT2D eigenvalue weighted by Gasteiger charge is 2.32. The van der Waals surface area contributed by atoms with Gasteiger partial charge < -0.3 is 10.2 Å². The summed E-state index contributed by atoms with van der Waals surface area (Å²) in [4.78, 5) is 2.30. The highest BCUT2D eigenvalue weighted by atomic mass is 15.1. The van der Waals surface area contributed by atoms with Crippen LogP contribution in [0.2, 0.25) is 0 Å². The number of rotatable bonds is 5. The van der Waals surface area contributed by atoms with E-state index in [1.165, 1.54) is 57.8 Å². The van der Waals surface area contributed by atoms with Crippen LogP contribution in [0.25, 0.3) is 0 Å². The molecule has 2 fully saturated rings. The van der Waals surface area contributed by atoms with E-state index in [0.717, 1.165) is 24.4 Å². The summed E-state index contributed by atoms with van der Waals surface area (Å²) >= 11 is 0. The van der Waals surface area contributed by atoms with Gasteiger partial charge in [0.1, 0.15) is 0 Å². The number of nitrogens with zero attached hydrogens (tertiary/aromatic N) is 1. The third kappa shape index (κ3) is 4.75. The van der Waals surface area contributed by atoms with Crippen molar-refractivity contribution in [3.63, 3.8) is 0 Å². The van der Waals surface area contributed by atoms with Crippen LogP contribution in [-0.4, -0.2) is 37.6 Å². The Morgan fingerprint density at radius 3 is 2.26 bits per heavy atom. The van der Waals surface area contributed by atoms with E-state index < -0.39 is 0 Å². The van der Waals surface area contributed by atoms with Crippen LogP contribution in [0.1, 0.15) is 64.7 Å². The van der Waals surface area contributed by atoms with Crippen molar-refractivity contribution < 1.29 is 0 Å². The van der Waals surface area contributed by atoms with Crippen LogP contribution in [0.15, 0.2) is 0 Å². The van der Waals surface area contributed by atoms with Crippen molar-refractivity contribution in [2.24, 2.45) is 11.8 Å². The third-order valence-corrected chi connectivity index (χ3v) is 5.21. The lowest BCUT2D eigenvalue weighted by molar-refractivity contribution is 0.139. The first kappa shape index (κ1) is 15.3. The molecular weight excluding hydrogens is 232 g/mol. The van der Waals surface area contributed by atoms with Gasteiger partial charge in [0.15, 0.2) is 0 Å². The van der Waals surface area contributed by atoms with Gasteiger partial charge in [-0.15, -0.1) is 0 Å². The molecule has 3 unspecified atom stereocenters. The van der Waals surface area contributed by atoms with Crippen molar-refractivity contribution in [3.05, 3.63) is 0 Å². The standard InChI is InChI=1S/C17H34N2/c1-14(13-19(2)3)18-17-12-8-7-11-16(17)15-9-5-4-6-10-15/h14-18H,4-13H2,1-3H3. The summed E-state index contributed by atoms with van der Waals surface area (Å²) in [5, 5.41) is 3.96. The molecule has 0 bridgehead atoms. The van der Waals surface area contributed by atoms with Crippen LogP contribution in [0, 0.1) is 11.8 Å². The quantitative estimate of drug-likeness (QED) is 0.817. The summed E-state index contributed by atoms with van der Waals surface area (Å²) < 4.78 is 0. The molecule has 0 aromatic rings. The van der Waals surface area contributed by atoms with Crippen LogP contribution in [0.3, 0.4) is 0 Å². The molecule has 0 aromatic carbocycles. The number of hydrogen-bond acceptors (Lipinski definition) is 2. The Kier molecular flexibility index (Phi) is 6.15. The van der Waals surface area contributed by atoms with Crippen molar-refractivity contribution in [1.29, 1.82) is 0 Å². The molecule has 2 aliphatic rings. The minimum absolute atomic E-state index is 0.629. The Bertz CT molecular complexity index is 246. The maximum absolute atomic E-state index is 3.96. The van der Waals surface area contributed by atoms with Crippen LogP contribution >= 0.6 is 0 Å². The molecule has 2 rings (SSSR count). The molecule has 0 amide bonds. The Morgan fingerprint density at radius 2 is 1.58 bits per heavy atom. The topological polar surface area (TPSA) is 15.3 Å². The molecule has 0 spiro atoms. The number of likely N-dealkylation sites (N-methyl/N-ethyl adjacent to an activating group) is 1. The molecule has 0 aliphatic heterocycles. The van der Waals surface area contributed by atoms with Crippen LogP contribution in [0.5, 0.6) is 0 Å². The van der Waals surface area contributed by atoms with Gasteiger partial charge >= 0.3 is 0 Å². The normalized spacial score (nSPS) is 31.6. The molecule has 2 saturated carbocycles. The first-order valence-electron chi connectivity index (χ1n) is 8.57. The molecule has 19 heavy (non-hydrogen) atoms. The smallest absolute Gasteiger partial charge is 0.0169 e. The molecule has 0 radical (unpaired) electrons. The van der Waals surface area contributed by atoms with E-state index >= 15 is 0 Å². The van der Waals surface area contributed by atoms with Gasteiger partial charge in [-0.2, -0.15) is 0 Å². The number of hydrogen-bond donors (Lipinski definition) is 1. The Balaban J connectivity index is 1.87. The van der Waals surface area contributed by atoms with Crippen molar-refractivity contribution in [2.45, 2.75) is 76.8 Å². The molecule has 2 heteroatoms. The monoisotopic (exact) mass is 266 g/mol. The maximum Gasteiger partial charge on any atom is 0.0169 e. The van der Waals surface area contributed by atoms with Gasteiger partial charge in [-0.3, -0.25) is 0 Å². The minimum atomic E-state index is 0.629. The first-order valence-corrected chi connectivity index (χ1v) is 8.57. The second-order valence-electron chi connectivity index (χ2n) is 7.28. The molecule has 1 N–H and O–H groups in total. The summed E-state index contributed by atoms with van der Waals surface area (Å²) in [7, 11) is 4.36. The lowest BCUT2D eigenvalue weighted by atomic mass is 9.71. The lowest BCUT2D eigenvalue weighted by Gasteiger charge is -2.41. The summed E-state index contributed by atoms with van der Waals surface area (Å²) in [6.07, 6.45) is 13.3. The number of nitrogens with one attached hydrogen (secondary N) is 1. The highest BCUT2D eigenvalue weighted by molar-refractivity contribution is 4.88. The average molecular weight is 266 g/mol. The van der Waals surface area contributed by atoms with Gasteiger partial charge in [0, 0.05) is 18.6 Å². The molecule has 2 aliphatic carbocycles. The van der Waals surface area contributed by atoms with E-state index in [9.17, 15) is 0 Å². The second kappa shape index (κ2) is 7.64. The third-order valence-electron chi connectivity index (χ3n) is 5.21. The Labute approximate surface area is 120 Å². The van der Waals surface area contributed by atoms with E-state index in [1.54, 1.807) is 0 Å². The summed E-state index contributed by atoms with van der Waals surface area (Å²) in [5.41, 5.74) is 0. The van der Waals surface area contributed by atoms with E-state index in [4.69, 9.17) is 0 Å². The van der Waals surface area contributed by atoms with Gasteiger partial charge in [0.05, 0.1) is 0 Å². The summed E-state index contributed by atoms with van der Waals surface area (Å²) in [6, 6.07) is 1.43. The molecule has 0 heterocycles. The van der Waals surface area contributed by atoms with E-state index in [-0.39, 0.29) is 0 Å². The summed E-state index contributed by atoms with van der Waals surface area (Å²) in [5.74, 6) is 2.00. The predicted molar refractivity (Wildman–Crippen MR) is 83.5 cm³/mol. The largest absolute Gasteiger partial charge is 0.310 e. The van der Waals surface area contributed by atoms with Crippen LogP contribution < -0.4 is 5.32 Å². The second-order valence-corrected chi connectivity index (χ2v) is 7.28.